The molecule has 1 N–H and O–H groups in total. The van der Waals surface area contributed by atoms with Gasteiger partial charge in [0.15, 0.2) is 6.10 Å². The van der Waals surface area contributed by atoms with Crippen LogP contribution in [-0.2, 0) is 19.1 Å². The number of unbranched alkanes of at least 4 members (excludes halogenated alkanes) is 35. The first-order valence-electron chi connectivity index (χ1n) is 35.7. The van der Waals surface area contributed by atoms with Gasteiger partial charge in [0.25, 0.3) is 0 Å². The van der Waals surface area contributed by atoms with E-state index in [0.717, 1.165) is 109 Å². The van der Waals surface area contributed by atoms with Crippen molar-refractivity contribution < 1.29 is 24.2 Å². The third kappa shape index (κ3) is 70.5. The van der Waals surface area contributed by atoms with Crippen molar-refractivity contribution in [2.45, 2.75) is 341 Å². The van der Waals surface area contributed by atoms with Gasteiger partial charge in [0, 0.05) is 12.8 Å². The molecule has 0 aliphatic heterocycles. The number of rotatable bonds is 65. The summed E-state index contributed by atoms with van der Waals surface area (Å²) in [6.45, 7) is 4.03. The monoisotopic (exact) mass is 1160 g/mol. The maximum atomic E-state index is 12.4. The Morgan fingerprint density at radius 2 is 0.512 bits per heavy atom. The predicted molar refractivity (Wildman–Crippen MR) is 371 cm³/mol. The summed E-state index contributed by atoms with van der Waals surface area (Å²) in [5, 5.41) is 9.71. The molecular formula is C79H134O5. The summed E-state index contributed by atoms with van der Waals surface area (Å²) in [6.07, 6.45) is 109. The molecule has 0 aromatic heterocycles. The molecule has 5 nitrogen and oxygen atoms in total. The molecule has 0 radical (unpaired) electrons. The molecule has 1 unspecified atom stereocenters. The van der Waals surface area contributed by atoms with Crippen LogP contribution < -0.4 is 0 Å². The standard InChI is InChI=1S/C79H134O5/c1-3-5-7-9-11-13-15-17-19-21-23-25-27-29-31-33-35-37-38-39-40-42-43-45-47-49-51-53-55-57-59-61-63-65-67-69-71-73-78(81)83-76-77(75-80)84-79(82)74-72-70-68-66-64-62-60-58-56-54-52-50-48-46-44-41-36-34-32-30-28-26-24-22-20-18-16-14-12-10-8-6-4-2/h6,8,12,14-15,17-18,20-21,23-24,26-27,29-30,32,36,41,46,48,52,54,77,80H,3-5,7,9-11,13,16,19,22,25,28,31,33-35,37-40,42-45,47,49-51,53,55-76H2,1-2H3/b8-6-,14-12-,17-15-,20-18-,23-21-,26-24-,29-27-,32-30-,41-36-,48-46-,54-52-. The SMILES string of the molecule is CC/C=C\C/C=C\C/C=C\C/C=C\C/C=C\C/C=C\C/C=C\C/C=C\CCCCCCCCCCC(=O)OC(CO)COC(=O)CCCCCCCCCCCCCCCCCCCCCCCC/C=C\C/C=C\C/C=C\CCCCCCC. The normalized spacial score (nSPS) is 13.0. The zero-order valence-electron chi connectivity index (χ0n) is 55.1. The van der Waals surface area contributed by atoms with E-state index in [4.69, 9.17) is 9.47 Å². The summed E-state index contributed by atoms with van der Waals surface area (Å²) in [7, 11) is 0. The van der Waals surface area contributed by atoms with Gasteiger partial charge in [0.1, 0.15) is 6.61 Å². The first-order chi connectivity index (χ1) is 41.6. The Hall–Kier alpha value is -3.96. The van der Waals surface area contributed by atoms with E-state index >= 15 is 0 Å². The Labute approximate surface area is 521 Å². The van der Waals surface area contributed by atoms with Gasteiger partial charge in [-0.3, -0.25) is 9.59 Å². The molecule has 0 amide bonds. The lowest BCUT2D eigenvalue weighted by Gasteiger charge is -2.15. The van der Waals surface area contributed by atoms with Gasteiger partial charge in [-0.2, -0.15) is 0 Å². The molecule has 0 fully saturated rings. The van der Waals surface area contributed by atoms with Crippen LogP contribution in [-0.4, -0.2) is 36.4 Å². The van der Waals surface area contributed by atoms with Crippen LogP contribution in [0.25, 0.3) is 0 Å². The van der Waals surface area contributed by atoms with Crippen LogP contribution in [0.3, 0.4) is 0 Å². The summed E-state index contributed by atoms with van der Waals surface area (Å²) in [5.41, 5.74) is 0. The molecule has 0 bridgehead atoms. The summed E-state index contributed by atoms with van der Waals surface area (Å²) < 4.78 is 10.8. The molecule has 0 aliphatic carbocycles. The zero-order chi connectivity index (χ0) is 60.5. The minimum absolute atomic E-state index is 0.0732. The van der Waals surface area contributed by atoms with Gasteiger partial charge < -0.3 is 14.6 Å². The largest absolute Gasteiger partial charge is 0.462 e. The topological polar surface area (TPSA) is 72.8 Å². The quantitative estimate of drug-likeness (QED) is 0.0373. The zero-order valence-corrected chi connectivity index (χ0v) is 55.1. The number of allylic oxidation sites excluding steroid dienone is 22. The Kier molecular flexibility index (Phi) is 69.8. The van der Waals surface area contributed by atoms with Crippen LogP contribution in [0, 0.1) is 0 Å². The highest BCUT2D eigenvalue weighted by Gasteiger charge is 2.16. The highest BCUT2D eigenvalue weighted by Crippen LogP contribution is 2.17. The van der Waals surface area contributed by atoms with Crippen LogP contribution >= 0.6 is 0 Å². The third-order valence-electron chi connectivity index (χ3n) is 15.4. The maximum absolute atomic E-state index is 12.4. The van der Waals surface area contributed by atoms with Crippen molar-refractivity contribution in [1.29, 1.82) is 0 Å². The summed E-state index contributed by atoms with van der Waals surface area (Å²) in [4.78, 5) is 24.7. The molecule has 5 heteroatoms. The van der Waals surface area contributed by atoms with Crippen molar-refractivity contribution in [3.05, 3.63) is 134 Å². The van der Waals surface area contributed by atoms with Gasteiger partial charge in [-0.25, -0.2) is 0 Å². The molecule has 0 heterocycles. The van der Waals surface area contributed by atoms with Gasteiger partial charge in [-0.15, -0.1) is 0 Å². The molecule has 0 aliphatic rings. The average Bonchev–Trinajstić information content (AvgIpc) is 3.51. The Balaban J connectivity index is 3.49. The number of carbonyl (C=O) groups excluding carboxylic acids is 2. The average molecular weight is 1160 g/mol. The number of aliphatic hydroxyl groups excluding tert-OH is 1. The molecule has 0 spiro atoms. The fourth-order valence-electron chi connectivity index (χ4n) is 10.1. The van der Waals surface area contributed by atoms with E-state index in [9.17, 15) is 14.7 Å². The van der Waals surface area contributed by atoms with Crippen molar-refractivity contribution >= 4 is 11.9 Å². The lowest BCUT2D eigenvalue weighted by atomic mass is 10.0. The van der Waals surface area contributed by atoms with E-state index in [-0.39, 0.29) is 25.2 Å². The molecule has 480 valence electrons. The Morgan fingerprint density at radius 3 is 0.774 bits per heavy atom. The van der Waals surface area contributed by atoms with Crippen LogP contribution in [0.2, 0.25) is 0 Å². The number of esters is 2. The fraction of sp³-hybridized carbons (Fsp3) is 0.696. The Bertz CT molecular complexity index is 1700. The molecular weight excluding hydrogens is 1030 g/mol. The number of carbonyl (C=O) groups is 2. The van der Waals surface area contributed by atoms with Crippen molar-refractivity contribution in [2.75, 3.05) is 13.2 Å². The molecule has 1 atom stereocenters. The van der Waals surface area contributed by atoms with E-state index in [1.165, 1.54) is 199 Å². The predicted octanol–water partition coefficient (Wildman–Crippen LogP) is 25.1. The lowest BCUT2D eigenvalue weighted by molar-refractivity contribution is -0.161. The number of hydrogen-bond acceptors (Lipinski definition) is 5. The van der Waals surface area contributed by atoms with E-state index in [1.807, 2.05) is 0 Å². The highest BCUT2D eigenvalue weighted by molar-refractivity contribution is 5.70. The van der Waals surface area contributed by atoms with Gasteiger partial charge in [-0.1, -0.05) is 340 Å². The van der Waals surface area contributed by atoms with Crippen molar-refractivity contribution in [2.24, 2.45) is 0 Å². The van der Waals surface area contributed by atoms with Gasteiger partial charge in [-0.05, 0) is 116 Å². The van der Waals surface area contributed by atoms with Crippen molar-refractivity contribution in [1.82, 2.24) is 0 Å². The smallest absolute Gasteiger partial charge is 0.306 e. The highest BCUT2D eigenvalue weighted by atomic mass is 16.6. The van der Waals surface area contributed by atoms with Crippen LogP contribution in [0.5, 0.6) is 0 Å². The van der Waals surface area contributed by atoms with Crippen molar-refractivity contribution in [3.8, 4) is 0 Å². The number of aliphatic hydroxyl groups is 1. The third-order valence-corrected chi connectivity index (χ3v) is 15.4. The van der Waals surface area contributed by atoms with Gasteiger partial charge in [0.05, 0.1) is 6.61 Å². The second kappa shape index (κ2) is 73.3. The number of hydrogen-bond donors (Lipinski definition) is 1. The molecule has 0 aromatic carbocycles. The lowest BCUT2D eigenvalue weighted by Crippen LogP contribution is -2.28. The first kappa shape index (κ1) is 80.0. The summed E-state index contributed by atoms with van der Waals surface area (Å²) in [6, 6.07) is 0. The first-order valence-corrected chi connectivity index (χ1v) is 35.7. The Morgan fingerprint density at radius 1 is 0.286 bits per heavy atom. The molecule has 84 heavy (non-hydrogen) atoms. The summed E-state index contributed by atoms with van der Waals surface area (Å²) in [5.74, 6) is -0.595. The van der Waals surface area contributed by atoms with Crippen LogP contribution in [0.15, 0.2) is 134 Å². The fourth-order valence-corrected chi connectivity index (χ4v) is 10.1. The molecule has 0 aromatic rings. The van der Waals surface area contributed by atoms with Crippen LogP contribution in [0.4, 0.5) is 0 Å². The van der Waals surface area contributed by atoms with Crippen molar-refractivity contribution in [3.63, 3.8) is 0 Å². The van der Waals surface area contributed by atoms with Gasteiger partial charge in [0.2, 0.25) is 0 Å². The molecule has 0 rings (SSSR count). The number of ether oxygens (including phenoxy) is 2. The van der Waals surface area contributed by atoms with E-state index in [0.29, 0.717) is 12.8 Å². The summed E-state index contributed by atoms with van der Waals surface area (Å²) >= 11 is 0. The van der Waals surface area contributed by atoms with E-state index < -0.39 is 6.10 Å². The molecule has 0 saturated carbocycles. The maximum Gasteiger partial charge on any atom is 0.306 e. The minimum Gasteiger partial charge on any atom is -0.462 e. The second-order valence-electron chi connectivity index (χ2n) is 23.6. The molecule has 0 saturated heterocycles. The van der Waals surface area contributed by atoms with E-state index in [2.05, 4.69) is 148 Å². The van der Waals surface area contributed by atoms with Crippen LogP contribution in [0.1, 0.15) is 335 Å². The van der Waals surface area contributed by atoms with E-state index in [1.54, 1.807) is 0 Å². The second-order valence-corrected chi connectivity index (χ2v) is 23.6. The van der Waals surface area contributed by atoms with Gasteiger partial charge >= 0.3 is 11.9 Å². The minimum atomic E-state index is -0.786.